The lowest BCUT2D eigenvalue weighted by Crippen LogP contribution is -2.47. The van der Waals surface area contributed by atoms with Gasteiger partial charge in [0.15, 0.2) is 0 Å². The molecule has 5 nitrogen and oxygen atoms in total. The number of urea groups is 1. The number of likely N-dealkylation sites (tertiary alicyclic amines) is 1. The summed E-state index contributed by atoms with van der Waals surface area (Å²) in [4.78, 5) is 13.2. The van der Waals surface area contributed by atoms with Crippen LogP contribution in [0.2, 0.25) is 0 Å². The molecule has 1 unspecified atom stereocenters. The standard InChI is InChI=1S/C30H40N4O/c1-22-8-7-9-23(20-22)26(14-17-32-24-15-18-33(19-16-24)30(31)35)28-21-34(25-10-3-2-4-11-25)29-13-6-5-12-27(28)29/h5-9,12-13,20-21,24-26,32H,2-4,10-11,14-19H2,1H3,(H2,31,35). The SMILES string of the molecule is Cc1cccc(C(CCNC2CCN(C(N)=O)CC2)c2cn(C3CCCCC3)c3ccccc23)c1. The Balaban J connectivity index is 1.39. The fourth-order valence-corrected chi connectivity index (χ4v) is 6.30. The van der Waals surface area contributed by atoms with E-state index >= 15 is 0 Å². The molecule has 2 amide bonds. The van der Waals surface area contributed by atoms with Crippen LogP contribution < -0.4 is 11.1 Å². The molecular formula is C30H40N4O. The molecule has 1 saturated carbocycles. The summed E-state index contributed by atoms with van der Waals surface area (Å²) in [6, 6.07) is 18.8. The van der Waals surface area contributed by atoms with Gasteiger partial charge in [-0.1, -0.05) is 67.3 Å². The van der Waals surface area contributed by atoms with Crippen molar-refractivity contribution >= 4 is 16.9 Å². The fourth-order valence-electron chi connectivity index (χ4n) is 6.30. The average Bonchev–Trinajstić information content (AvgIpc) is 3.27. The number of rotatable bonds is 7. The molecule has 0 radical (unpaired) electrons. The van der Waals surface area contributed by atoms with Crippen LogP contribution in [0.15, 0.2) is 54.7 Å². The maximum absolute atomic E-state index is 11.5. The van der Waals surface area contributed by atoms with E-state index in [0.717, 1.165) is 38.9 Å². The molecule has 1 aliphatic carbocycles. The third kappa shape index (κ3) is 5.40. The lowest BCUT2D eigenvalue weighted by Gasteiger charge is -2.31. The predicted octanol–water partition coefficient (Wildman–Crippen LogP) is 6.11. The maximum Gasteiger partial charge on any atom is 0.314 e. The number of nitrogens with two attached hydrogens (primary N) is 1. The molecule has 2 heterocycles. The second-order valence-corrected chi connectivity index (χ2v) is 10.6. The number of nitrogens with one attached hydrogen (secondary N) is 1. The van der Waals surface area contributed by atoms with Crippen molar-refractivity contribution in [2.24, 2.45) is 5.73 Å². The van der Waals surface area contributed by atoms with Crippen molar-refractivity contribution in [3.8, 4) is 0 Å². The maximum atomic E-state index is 11.5. The Morgan fingerprint density at radius 3 is 2.54 bits per heavy atom. The summed E-state index contributed by atoms with van der Waals surface area (Å²) in [7, 11) is 0. The van der Waals surface area contributed by atoms with E-state index in [-0.39, 0.29) is 6.03 Å². The predicted molar refractivity (Wildman–Crippen MR) is 144 cm³/mol. The van der Waals surface area contributed by atoms with Crippen molar-refractivity contribution in [1.82, 2.24) is 14.8 Å². The number of aromatic nitrogens is 1. The smallest absolute Gasteiger partial charge is 0.314 e. The van der Waals surface area contributed by atoms with Crippen molar-refractivity contribution in [2.75, 3.05) is 19.6 Å². The van der Waals surface area contributed by atoms with Crippen LogP contribution in [0.1, 0.15) is 80.0 Å². The van der Waals surface area contributed by atoms with Crippen LogP contribution in [-0.4, -0.2) is 41.2 Å². The summed E-state index contributed by atoms with van der Waals surface area (Å²) in [5.41, 5.74) is 11.0. The summed E-state index contributed by atoms with van der Waals surface area (Å²) < 4.78 is 2.60. The van der Waals surface area contributed by atoms with Crippen molar-refractivity contribution in [2.45, 2.75) is 76.3 Å². The van der Waals surface area contributed by atoms with Gasteiger partial charge in [0.2, 0.25) is 0 Å². The second-order valence-electron chi connectivity index (χ2n) is 10.6. The Hall–Kier alpha value is -2.79. The molecule has 1 aromatic heterocycles. The van der Waals surface area contributed by atoms with E-state index in [2.05, 4.69) is 71.5 Å². The molecule has 3 aromatic rings. The molecule has 1 saturated heterocycles. The number of benzene rings is 2. The first-order valence-corrected chi connectivity index (χ1v) is 13.5. The largest absolute Gasteiger partial charge is 0.351 e. The highest BCUT2D eigenvalue weighted by Crippen LogP contribution is 2.39. The molecule has 5 heteroatoms. The highest BCUT2D eigenvalue weighted by molar-refractivity contribution is 5.85. The summed E-state index contributed by atoms with van der Waals surface area (Å²) in [6.07, 6.45) is 12.1. The molecule has 186 valence electrons. The van der Waals surface area contributed by atoms with Crippen LogP contribution in [0.3, 0.4) is 0 Å². The van der Waals surface area contributed by atoms with E-state index in [9.17, 15) is 4.79 Å². The Morgan fingerprint density at radius 1 is 1.03 bits per heavy atom. The number of nitrogens with zero attached hydrogens (tertiary/aromatic N) is 2. The molecule has 2 fully saturated rings. The van der Waals surface area contributed by atoms with Crippen LogP contribution in [0.5, 0.6) is 0 Å². The Morgan fingerprint density at radius 2 is 1.80 bits per heavy atom. The molecular weight excluding hydrogens is 432 g/mol. The van der Waals surface area contributed by atoms with E-state index in [0.29, 0.717) is 18.0 Å². The third-order valence-corrected chi connectivity index (χ3v) is 8.23. The molecule has 3 N–H and O–H groups in total. The number of carbonyl (C=O) groups is 1. The number of aryl methyl sites for hydroxylation is 1. The first-order chi connectivity index (χ1) is 17.1. The first-order valence-electron chi connectivity index (χ1n) is 13.5. The van der Waals surface area contributed by atoms with Crippen LogP contribution in [0.4, 0.5) is 4.79 Å². The molecule has 2 aromatic carbocycles. The van der Waals surface area contributed by atoms with Gasteiger partial charge in [-0.15, -0.1) is 0 Å². The van der Waals surface area contributed by atoms with Gasteiger partial charge in [0.05, 0.1) is 0 Å². The fraction of sp³-hybridized carbons (Fsp3) is 0.500. The lowest BCUT2D eigenvalue weighted by atomic mass is 9.87. The van der Waals surface area contributed by atoms with Crippen LogP contribution in [-0.2, 0) is 0 Å². The van der Waals surface area contributed by atoms with E-state index < -0.39 is 0 Å². The highest BCUT2D eigenvalue weighted by atomic mass is 16.2. The van der Waals surface area contributed by atoms with Gasteiger partial charge in [0.25, 0.3) is 0 Å². The van der Waals surface area contributed by atoms with Gasteiger partial charge in [0, 0.05) is 48.2 Å². The summed E-state index contributed by atoms with van der Waals surface area (Å²) >= 11 is 0. The zero-order chi connectivity index (χ0) is 24.2. The Bertz CT molecular complexity index is 1140. The van der Waals surface area contributed by atoms with E-state index in [1.807, 2.05) is 0 Å². The van der Waals surface area contributed by atoms with Crippen LogP contribution in [0, 0.1) is 6.92 Å². The topological polar surface area (TPSA) is 63.3 Å². The van der Waals surface area contributed by atoms with Crippen molar-refractivity contribution < 1.29 is 4.79 Å². The minimum atomic E-state index is -0.294. The molecule has 5 rings (SSSR count). The number of primary amides is 1. The lowest BCUT2D eigenvalue weighted by molar-refractivity contribution is 0.185. The number of hydrogen-bond acceptors (Lipinski definition) is 2. The quantitative estimate of drug-likeness (QED) is 0.436. The molecule has 0 bridgehead atoms. The first kappa shape index (κ1) is 23.9. The molecule has 1 atom stereocenters. The minimum Gasteiger partial charge on any atom is -0.351 e. The van der Waals surface area contributed by atoms with Gasteiger partial charge in [-0.2, -0.15) is 0 Å². The number of hydrogen-bond donors (Lipinski definition) is 2. The number of piperidine rings is 1. The van der Waals surface area contributed by atoms with Crippen molar-refractivity contribution in [1.29, 1.82) is 0 Å². The monoisotopic (exact) mass is 472 g/mol. The molecule has 2 aliphatic rings. The third-order valence-electron chi connectivity index (χ3n) is 8.23. The summed E-state index contributed by atoms with van der Waals surface area (Å²) in [5, 5.41) is 5.20. The van der Waals surface area contributed by atoms with Gasteiger partial charge in [0.1, 0.15) is 0 Å². The Labute approximate surface area is 209 Å². The van der Waals surface area contributed by atoms with Gasteiger partial charge in [-0.05, 0) is 62.8 Å². The Kier molecular flexibility index (Phi) is 7.43. The van der Waals surface area contributed by atoms with E-state index in [1.54, 1.807) is 4.90 Å². The van der Waals surface area contributed by atoms with Crippen molar-refractivity contribution in [3.05, 3.63) is 71.4 Å². The zero-order valence-corrected chi connectivity index (χ0v) is 21.1. The van der Waals surface area contributed by atoms with E-state index in [4.69, 9.17) is 5.73 Å². The number of fused-ring (bicyclic) bond motifs is 1. The molecule has 35 heavy (non-hydrogen) atoms. The van der Waals surface area contributed by atoms with Gasteiger partial charge < -0.3 is 20.5 Å². The van der Waals surface area contributed by atoms with Gasteiger partial charge in [-0.25, -0.2) is 4.79 Å². The average molecular weight is 473 g/mol. The van der Waals surface area contributed by atoms with E-state index in [1.165, 1.54) is 59.7 Å². The van der Waals surface area contributed by atoms with Gasteiger partial charge in [-0.3, -0.25) is 0 Å². The van der Waals surface area contributed by atoms with Gasteiger partial charge >= 0.3 is 6.03 Å². The van der Waals surface area contributed by atoms with Crippen molar-refractivity contribution in [3.63, 3.8) is 0 Å². The highest BCUT2D eigenvalue weighted by Gasteiger charge is 2.25. The summed E-state index contributed by atoms with van der Waals surface area (Å²) in [6.45, 7) is 4.66. The number of carbonyl (C=O) groups excluding carboxylic acids is 1. The normalized spacial score (nSPS) is 18.7. The minimum absolute atomic E-state index is 0.294. The molecule has 1 aliphatic heterocycles. The number of amides is 2. The summed E-state index contributed by atoms with van der Waals surface area (Å²) in [5.74, 6) is 0.350. The number of para-hydroxylation sites is 1. The van der Waals surface area contributed by atoms with Crippen LogP contribution >= 0.6 is 0 Å². The van der Waals surface area contributed by atoms with Crippen LogP contribution in [0.25, 0.3) is 10.9 Å². The molecule has 0 spiro atoms. The second kappa shape index (κ2) is 10.9. The zero-order valence-electron chi connectivity index (χ0n) is 21.1.